The van der Waals surface area contributed by atoms with Gasteiger partial charge in [-0.2, -0.15) is 10.5 Å². The molecule has 7 heteroatoms. The van der Waals surface area contributed by atoms with Crippen molar-refractivity contribution in [3.63, 3.8) is 0 Å². The predicted octanol–water partition coefficient (Wildman–Crippen LogP) is 4.82. The van der Waals surface area contributed by atoms with Gasteiger partial charge in [-0.05, 0) is 24.5 Å². The number of carbonyl (C=O) groups excluding carboxylic acids is 1. The number of nitrogen functional groups attached to an aromatic ring is 1. The molecule has 2 unspecified atom stereocenters. The zero-order valence-electron chi connectivity index (χ0n) is 17.9. The van der Waals surface area contributed by atoms with Crippen molar-refractivity contribution in [3.8, 4) is 23.3 Å². The standard InChI is InChI=1S/C25H23N5OS/c1-3-21(24(31)29-16(2)17-10-6-4-7-11-17)32-25-20(15-27)22(18-12-8-5-9-13-18)19(14-26)23(28)30-25/h4-13,16,21H,3H2,1-2H3,(H2,28,30)(H,29,31). The summed E-state index contributed by atoms with van der Waals surface area (Å²) in [6, 6.07) is 22.9. The SMILES string of the molecule is CCC(Sc1nc(N)c(C#N)c(-c2ccccc2)c1C#N)C(=O)NC(C)c1ccccc1. The van der Waals surface area contributed by atoms with Gasteiger partial charge >= 0.3 is 0 Å². The average Bonchev–Trinajstić information content (AvgIpc) is 2.83. The highest BCUT2D eigenvalue weighted by Crippen LogP contribution is 2.37. The molecule has 3 rings (SSSR count). The highest BCUT2D eigenvalue weighted by Gasteiger charge is 2.26. The Bertz CT molecular complexity index is 1180. The number of hydrogen-bond donors (Lipinski definition) is 2. The van der Waals surface area contributed by atoms with Crippen molar-refractivity contribution in [2.75, 3.05) is 5.73 Å². The summed E-state index contributed by atoms with van der Waals surface area (Å²) in [6.45, 7) is 3.83. The summed E-state index contributed by atoms with van der Waals surface area (Å²) in [5.74, 6) is -0.107. The third-order valence-corrected chi connectivity index (χ3v) is 6.40. The summed E-state index contributed by atoms with van der Waals surface area (Å²) in [7, 11) is 0. The fraction of sp³-hybridized carbons (Fsp3) is 0.200. The van der Waals surface area contributed by atoms with Crippen LogP contribution in [0.5, 0.6) is 0 Å². The van der Waals surface area contributed by atoms with Crippen LogP contribution in [0.3, 0.4) is 0 Å². The first kappa shape index (κ1) is 22.9. The number of nitriles is 2. The lowest BCUT2D eigenvalue weighted by Crippen LogP contribution is -2.34. The van der Waals surface area contributed by atoms with Gasteiger partial charge < -0.3 is 11.1 Å². The lowest BCUT2D eigenvalue weighted by molar-refractivity contribution is -0.121. The Morgan fingerprint density at radius 1 is 1.06 bits per heavy atom. The Kier molecular flexibility index (Phi) is 7.49. The number of aromatic nitrogens is 1. The molecule has 160 valence electrons. The molecule has 1 amide bonds. The molecule has 0 saturated carbocycles. The van der Waals surface area contributed by atoms with E-state index in [-0.39, 0.29) is 28.9 Å². The van der Waals surface area contributed by atoms with Crippen LogP contribution >= 0.6 is 11.8 Å². The third-order valence-electron chi connectivity index (χ3n) is 5.05. The zero-order valence-corrected chi connectivity index (χ0v) is 18.7. The molecule has 6 nitrogen and oxygen atoms in total. The molecular formula is C25H23N5OS. The summed E-state index contributed by atoms with van der Waals surface area (Å²) in [5, 5.41) is 22.5. The Hall–Kier alpha value is -3.81. The minimum absolute atomic E-state index is 0.0424. The van der Waals surface area contributed by atoms with Crippen molar-refractivity contribution >= 4 is 23.5 Å². The monoisotopic (exact) mass is 441 g/mol. The first-order valence-electron chi connectivity index (χ1n) is 10.2. The average molecular weight is 442 g/mol. The van der Waals surface area contributed by atoms with Crippen molar-refractivity contribution in [2.24, 2.45) is 0 Å². The molecule has 0 saturated heterocycles. The third kappa shape index (κ3) is 4.91. The molecule has 3 aromatic rings. The van der Waals surface area contributed by atoms with E-state index in [1.165, 1.54) is 11.8 Å². The van der Waals surface area contributed by atoms with E-state index >= 15 is 0 Å². The van der Waals surface area contributed by atoms with E-state index in [0.29, 0.717) is 22.6 Å². The van der Waals surface area contributed by atoms with Gasteiger partial charge in [-0.25, -0.2) is 4.98 Å². The largest absolute Gasteiger partial charge is 0.383 e. The number of rotatable bonds is 7. The molecule has 2 aromatic carbocycles. The van der Waals surface area contributed by atoms with Crippen molar-refractivity contribution in [1.29, 1.82) is 10.5 Å². The Labute approximate surface area is 192 Å². The summed E-state index contributed by atoms with van der Waals surface area (Å²) >= 11 is 1.19. The van der Waals surface area contributed by atoms with Crippen LogP contribution in [0.2, 0.25) is 0 Å². The summed E-state index contributed by atoms with van der Waals surface area (Å²) in [5.41, 5.74) is 8.64. The number of pyridine rings is 1. The van der Waals surface area contributed by atoms with Crippen LogP contribution in [0.1, 0.15) is 43.0 Å². The molecule has 1 heterocycles. The van der Waals surface area contributed by atoms with Gasteiger partial charge in [0.05, 0.1) is 16.9 Å². The van der Waals surface area contributed by atoms with E-state index in [2.05, 4.69) is 22.4 Å². The number of anilines is 1. The molecule has 0 radical (unpaired) electrons. The maximum Gasteiger partial charge on any atom is 0.234 e. The number of nitrogens with two attached hydrogens (primary N) is 1. The number of nitrogens with zero attached hydrogens (tertiary/aromatic N) is 3. The molecule has 0 fully saturated rings. The van der Waals surface area contributed by atoms with Gasteiger partial charge in [0.2, 0.25) is 5.91 Å². The lowest BCUT2D eigenvalue weighted by atomic mass is 9.97. The second-order valence-corrected chi connectivity index (χ2v) is 8.36. The predicted molar refractivity (Wildman–Crippen MR) is 126 cm³/mol. The van der Waals surface area contributed by atoms with E-state index in [0.717, 1.165) is 5.56 Å². The molecule has 0 spiro atoms. The number of amides is 1. The molecule has 2 atom stereocenters. The number of nitrogens with one attached hydrogen (secondary N) is 1. The van der Waals surface area contributed by atoms with Gasteiger partial charge in [-0.1, -0.05) is 79.3 Å². The Balaban J connectivity index is 1.95. The van der Waals surface area contributed by atoms with E-state index < -0.39 is 5.25 Å². The van der Waals surface area contributed by atoms with Gasteiger partial charge in [0.1, 0.15) is 28.5 Å². The van der Waals surface area contributed by atoms with Crippen LogP contribution in [0.25, 0.3) is 11.1 Å². The molecular weight excluding hydrogens is 418 g/mol. The molecule has 1 aromatic heterocycles. The van der Waals surface area contributed by atoms with E-state index in [4.69, 9.17) is 5.73 Å². The summed E-state index contributed by atoms with van der Waals surface area (Å²) in [6.07, 6.45) is 0.533. The van der Waals surface area contributed by atoms with Crippen LogP contribution < -0.4 is 11.1 Å². The lowest BCUT2D eigenvalue weighted by Gasteiger charge is -2.20. The number of carbonyl (C=O) groups is 1. The van der Waals surface area contributed by atoms with Gasteiger partial charge in [0.25, 0.3) is 0 Å². The minimum atomic E-state index is -0.475. The molecule has 3 N–H and O–H groups in total. The maximum absolute atomic E-state index is 13.0. The molecule has 0 aliphatic heterocycles. The highest BCUT2D eigenvalue weighted by molar-refractivity contribution is 8.00. The fourth-order valence-corrected chi connectivity index (χ4v) is 4.39. The highest BCUT2D eigenvalue weighted by atomic mass is 32.2. The number of thioether (sulfide) groups is 1. The van der Waals surface area contributed by atoms with Crippen molar-refractivity contribution in [2.45, 2.75) is 36.6 Å². The smallest absolute Gasteiger partial charge is 0.234 e. The van der Waals surface area contributed by atoms with Crippen molar-refractivity contribution in [1.82, 2.24) is 10.3 Å². The minimum Gasteiger partial charge on any atom is -0.383 e. The first-order chi connectivity index (χ1) is 15.5. The van der Waals surface area contributed by atoms with Crippen molar-refractivity contribution in [3.05, 3.63) is 77.4 Å². The summed E-state index contributed by atoms with van der Waals surface area (Å²) in [4.78, 5) is 17.3. The molecule has 0 aliphatic carbocycles. The van der Waals surface area contributed by atoms with Crippen LogP contribution in [0.4, 0.5) is 5.82 Å². The van der Waals surface area contributed by atoms with Crippen LogP contribution in [0, 0.1) is 22.7 Å². The normalized spacial score (nSPS) is 12.2. The van der Waals surface area contributed by atoms with Gasteiger partial charge in [0, 0.05) is 5.56 Å². The van der Waals surface area contributed by atoms with Gasteiger partial charge in [-0.3, -0.25) is 4.79 Å². The quantitative estimate of drug-likeness (QED) is 0.508. The molecule has 0 bridgehead atoms. The van der Waals surface area contributed by atoms with Crippen LogP contribution in [-0.2, 0) is 4.79 Å². The second kappa shape index (κ2) is 10.5. The van der Waals surface area contributed by atoms with E-state index in [1.807, 2.05) is 74.5 Å². The van der Waals surface area contributed by atoms with E-state index in [1.54, 1.807) is 0 Å². The van der Waals surface area contributed by atoms with Crippen LogP contribution in [0.15, 0.2) is 65.7 Å². The van der Waals surface area contributed by atoms with E-state index in [9.17, 15) is 15.3 Å². The van der Waals surface area contributed by atoms with Crippen molar-refractivity contribution < 1.29 is 4.79 Å². The Morgan fingerprint density at radius 3 is 2.22 bits per heavy atom. The fourth-order valence-electron chi connectivity index (χ4n) is 3.37. The second-order valence-electron chi connectivity index (χ2n) is 7.17. The molecule has 32 heavy (non-hydrogen) atoms. The number of benzene rings is 2. The van der Waals surface area contributed by atoms with Crippen LogP contribution in [-0.4, -0.2) is 16.1 Å². The maximum atomic E-state index is 13.0. The van der Waals surface area contributed by atoms with Gasteiger partial charge in [-0.15, -0.1) is 0 Å². The first-order valence-corrected chi connectivity index (χ1v) is 11.1. The number of hydrogen-bond acceptors (Lipinski definition) is 6. The van der Waals surface area contributed by atoms with Gasteiger partial charge in [0.15, 0.2) is 0 Å². The molecule has 0 aliphatic rings. The summed E-state index contributed by atoms with van der Waals surface area (Å²) < 4.78 is 0. The Morgan fingerprint density at radius 2 is 1.66 bits per heavy atom. The topological polar surface area (TPSA) is 116 Å². The zero-order chi connectivity index (χ0) is 23.1.